The van der Waals surface area contributed by atoms with Crippen molar-refractivity contribution in [2.45, 2.75) is 44.6 Å². The number of nitrogens with one attached hydrogen (secondary N) is 3. The van der Waals surface area contributed by atoms with Crippen LogP contribution in [0.15, 0.2) is 47.1 Å². The van der Waals surface area contributed by atoms with E-state index in [2.05, 4.69) is 16.0 Å². The Morgan fingerprint density at radius 1 is 1.07 bits per heavy atom. The maximum atomic E-state index is 12.9. The van der Waals surface area contributed by atoms with Crippen molar-refractivity contribution in [3.63, 3.8) is 0 Å². The zero-order valence-electron chi connectivity index (χ0n) is 16.5. The number of rotatable bonds is 9. The second-order valence-corrected chi connectivity index (χ2v) is 7.47. The Morgan fingerprint density at radius 3 is 2.52 bits per heavy atom. The van der Waals surface area contributed by atoms with E-state index in [1.165, 1.54) is 37.7 Å². The standard InChI is InChI=1S/C22H28FN3O3/c23-17-8-10-18(11-9-17)24-12-13-25-21(27)19(15-16-5-2-1-3-6-16)26-22(28)20-7-4-14-29-20/h4,7-11,14,16,19,24H,1-3,5-6,12-13,15H2,(H,25,27)(H,26,28)/t19-/m0/s1. The molecule has 2 amide bonds. The van der Waals surface area contributed by atoms with Crippen molar-refractivity contribution in [2.75, 3.05) is 18.4 Å². The van der Waals surface area contributed by atoms with Gasteiger partial charge in [-0.05, 0) is 48.7 Å². The Bertz CT molecular complexity index is 771. The lowest BCUT2D eigenvalue weighted by atomic mass is 9.84. The Kier molecular flexibility index (Phi) is 7.67. The molecule has 0 saturated heterocycles. The molecule has 3 N–H and O–H groups in total. The van der Waals surface area contributed by atoms with Gasteiger partial charge in [-0.3, -0.25) is 9.59 Å². The molecule has 0 spiro atoms. The largest absolute Gasteiger partial charge is 0.459 e. The van der Waals surface area contributed by atoms with Crippen LogP contribution in [-0.4, -0.2) is 30.9 Å². The summed E-state index contributed by atoms with van der Waals surface area (Å²) in [6, 6.07) is 8.68. The van der Waals surface area contributed by atoms with Gasteiger partial charge >= 0.3 is 0 Å². The molecule has 1 aromatic heterocycles. The molecule has 0 unspecified atom stereocenters. The zero-order chi connectivity index (χ0) is 20.5. The zero-order valence-corrected chi connectivity index (χ0v) is 16.5. The number of carbonyl (C=O) groups excluding carboxylic acids is 2. The molecule has 1 aromatic carbocycles. The Morgan fingerprint density at radius 2 is 1.83 bits per heavy atom. The van der Waals surface area contributed by atoms with Gasteiger partial charge in [-0.1, -0.05) is 32.1 Å². The molecule has 0 aliphatic heterocycles. The monoisotopic (exact) mass is 401 g/mol. The molecule has 1 saturated carbocycles. The maximum absolute atomic E-state index is 12.9. The summed E-state index contributed by atoms with van der Waals surface area (Å²) in [5, 5.41) is 8.84. The number of halogens is 1. The van der Waals surface area contributed by atoms with Crippen molar-refractivity contribution in [3.05, 3.63) is 54.2 Å². The Balaban J connectivity index is 1.51. The summed E-state index contributed by atoms with van der Waals surface area (Å²) in [6.07, 6.45) is 7.83. The summed E-state index contributed by atoms with van der Waals surface area (Å²) in [6.45, 7) is 0.896. The molecule has 1 fully saturated rings. The first-order valence-corrected chi connectivity index (χ1v) is 10.2. The lowest BCUT2D eigenvalue weighted by Crippen LogP contribution is -2.48. The number of carbonyl (C=O) groups is 2. The fourth-order valence-electron chi connectivity index (χ4n) is 3.71. The number of hydrogen-bond donors (Lipinski definition) is 3. The normalized spacial score (nSPS) is 15.5. The van der Waals surface area contributed by atoms with Crippen LogP contribution in [0.2, 0.25) is 0 Å². The third-order valence-electron chi connectivity index (χ3n) is 5.26. The minimum atomic E-state index is -0.596. The fraction of sp³-hybridized carbons (Fsp3) is 0.455. The lowest BCUT2D eigenvalue weighted by molar-refractivity contribution is -0.123. The van der Waals surface area contributed by atoms with Crippen LogP contribution >= 0.6 is 0 Å². The molecular formula is C22H28FN3O3. The number of anilines is 1. The van der Waals surface area contributed by atoms with E-state index in [9.17, 15) is 14.0 Å². The van der Waals surface area contributed by atoms with E-state index in [1.54, 1.807) is 24.3 Å². The van der Waals surface area contributed by atoms with Crippen LogP contribution in [-0.2, 0) is 4.79 Å². The van der Waals surface area contributed by atoms with Gasteiger partial charge in [0, 0.05) is 18.8 Å². The molecule has 1 aliphatic carbocycles. The van der Waals surface area contributed by atoms with Gasteiger partial charge in [-0.25, -0.2) is 4.39 Å². The first-order valence-electron chi connectivity index (χ1n) is 10.2. The van der Waals surface area contributed by atoms with Crippen LogP contribution in [0.5, 0.6) is 0 Å². The van der Waals surface area contributed by atoms with Crippen LogP contribution < -0.4 is 16.0 Å². The molecule has 0 bridgehead atoms. The van der Waals surface area contributed by atoms with E-state index in [1.807, 2.05) is 0 Å². The first kappa shape index (κ1) is 20.9. The summed E-state index contributed by atoms with van der Waals surface area (Å²) in [4.78, 5) is 25.1. The van der Waals surface area contributed by atoms with Gasteiger partial charge in [0.2, 0.25) is 5.91 Å². The van der Waals surface area contributed by atoms with Crippen LogP contribution in [0.1, 0.15) is 49.1 Å². The van der Waals surface area contributed by atoms with Crippen molar-refractivity contribution in [1.29, 1.82) is 0 Å². The van der Waals surface area contributed by atoms with E-state index in [0.717, 1.165) is 18.5 Å². The third-order valence-corrected chi connectivity index (χ3v) is 5.26. The molecule has 7 heteroatoms. The maximum Gasteiger partial charge on any atom is 0.287 e. The Labute approximate surface area is 170 Å². The molecule has 2 aromatic rings. The average molecular weight is 401 g/mol. The molecule has 156 valence electrons. The van der Waals surface area contributed by atoms with E-state index in [-0.39, 0.29) is 23.4 Å². The van der Waals surface area contributed by atoms with Gasteiger partial charge in [0.15, 0.2) is 5.76 Å². The smallest absolute Gasteiger partial charge is 0.287 e. The molecular weight excluding hydrogens is 373 g/mol. The fourth-order valence-corrected chi connectivity index (χ4v) is 3.71. The van der Waals surface area contributed by atoms with E-state index >= 15 is 0 Å². The second-order valence-electron chi connectivity index (χ2n) is 7.47. The van der Waals surface area contributed by atoms with E-state index in [0.29, 0.717) is 25.4 Å². The summed E-state index contributed by atoms with van der Waals surface area (Å²) < 4.78 is 18.1. The second kappa shape index (κ2) is 10.6. The molecule has 6 nitrogen and oxygen atoms in total. The Hall–Kier alpha value is -2.83. The van der Waals surface area contributed by atoms with Crippen molar-refractivity contribution in [1.82, 2.24) is 10.6 Å². The van der Waals surface area contributed by atoms with Gasteiger partial charge in [0.1, 0.15) is 11.9 Å². The van der Waals surface area contributed by atoms with Crippen LogP contribution in [0.4, 0.5) is 10.1 Å². The highest BCUT2D eigenvalue weighted by atomic mass is 19.1. The SMILES string of the molecule is O=C(N[C@@H](CC1CCCCC1)C(=O)NCCNc1ccc(F)cc1)c1ccco1. The van der Waals surface area contributed by atoms with Gasteiger partial charge in [-0.2, -0.15) is 0 Å². The highest BCUT2D eigenvalue weighted by Crippen LogP contribution is 2.27. The molecule has 1 aliphatic rings. The molecule has 3 rings (SSSR count). The quantitative estimate of drug-likeness (QED) is 0.559. The molecule has 1 atom stereocenters. The van der Waals surface area contributed by atoms with Crippen LogP contribution in [0, 0.1) is 11.7 Å². The van der Waals surface area contributed by atoms with E-state index < -0.39 is 6.04 Å². The van der Waals surface area contributed by atoms with Gasteiger partial charge < -0.3 is 20.4 Å². The minimum absolute atomic E-state index is 0.198. The minimum Gasteiger partial charge on any atom is -0.459 e. The summed E-state index contributed by atoms with van der Waals surface area (Å²) >= 11 is 0. The number of amides is 2. The van der Waals surface area contributed by atoms with Gasteiger partial charge in [0.05, 0.1) is 6.26 Å². The van der Waals surface area contributed by atoms with Crippen molar-refractivity contribution in [2.24, 2.45) is 5.92 Å². The molecule has 29 heavy (non-hydrogen) atoms. The summed E-state index contributed by atoms with van der Waals surface area (Å²) in [5.74, 6) is -0.230. The predicted octanol–water partition coefficient (Wildman–Crippen LogP) is 3.72. The van der Waals surface area contributed by atoms with Crippen LogP contribution in [0.3, 0.4) is 0 Å². The van der Waals surface area contributed by atoms with Crippen molar-refractivity contribution < 1.29 is 18.4 Å². The molecule has 0 radical (unpaired) electrons. The topological polar surface area (TPSA) is 83.4 Å². The highest BCUT2D eigenvalue weighted by Gasteiger charge is 2.26. The summed E-state index contributed by atoms with van der Waals surface area (Å²) in [7, 11) is 0. The lowest BCUT2D eigenvalue weighted by Gasteiger charge is -2.26. The first-order chi connectivity index (χ1) is 14.1. The molecule has 1 heterocycles. The van der Waals surface area contributed by atoms with Crippen LogP contribution in [0.25, 0.3) is 0 Å². The summed E-state index contributed by atoms with van der Waals surface area (Å²) in [5.41, 5.74) is 0.783. The van der Waals surface area contributed by atoms with Crippen molar-refractivity contribution >= 4 is 17.5 Å². The van der Waals surface area contributed by atoms with Crippen molar-refractivity contribution in [3.8, 4) is 0 Å². The number of hydrogen-bond acceptors (Lipinski definition) is 4. The van der Waals surface area contributed by atoms with Gasteiger partial charge in [-0.15, -0.1) is 0 Å². The van der Waals surface area contributed by atoms with E-state index in [4.69, 9.17) is 4.42 Å². The third kappa shape index (κ3) is 6.62. The average Bonchev–Trinajstić information content (AvgIpc) is 3.28. The predicted molar refractivity (Wildman–Crippen MR) is 109 cm³/mol. The number of benzene rings is 1. The van der Waals surface area contributed by atoms with Gasteiger partial charge in [0.25, 0.3) is 5.91 Å². The highest BCUT2D eigenvalue weighted by molar-refractivity contribution is 5.95. The number of furan rings is 1.